The zero-order valence-electron chi connectivity index (χ0n) is 15.0. The molecule has 0 saturated carbocycles. The molecule has 0 aliphatic rings. The maximum absolute atomic E-state index is 11.5. The normalized spacial score (nSPS) is 11.8. The van der Waals surface area contributed by atoms with E-state index >= 15 is 0 Å². The fraction of sp³-hybridized carbons (Fsp3) is 0.350. The number of allylic oxidation sites excluding steroid dienone is 1. The molecule has 0 aliphatic carbocycles. The minimum atomic E-state index is -0.190. The third kappa shape index (κ3) is 7.16. The predicted octanol–water partition coefficient (Wildman–Crippen LogP) is 4.53. The van der Waals surface area contributed by atoms with Gasteiger partial charge in [0.2, 0.25) is 5.95 Å². The van der Waals surface area contributed by atoms with Gasteiger partial charge in [0.05, 0.1) is 6.21 Å². The number of aryl methyl sites for hydroxylation is 1. The molecule has 2 aromatic rings. The Morgan fingerprint density at radius 2 is 2.04 bits per heavy atom. The number of anilines is 1. The first-order valence-corrected chi connectivity index (χ1v) is 8.80. The summed E-state index contributed by atoms with van der Waals surface area (Å²) in [5.74, 6) is 0.353. The quantitative estimate of drug-likeness (QED) is 0.401. The van der Waals surface area contributed by atoms with Crippen LogP contribution >= 0.6 is 0 Å². The molecule has 5 heteroatoms. The number of hydrogen-bond donors (Lipinski definition) is 2. The van der Waals surface area contributed by atoms with Gasteiger partial charge in [0.15, 0.2) is 0 Å². The molecule has 0 saturated heterocycles. The molecule has 25 heavy (non-hydrogen) atoms. The van der Waals surface area contributed by atoms with Crippen LogP contribution in [0, 0.1) is 6.92 Å². The molecule has 1 aromatic carbocycles. The van der Waals surface area contributed by atoms with Gasteiger partial charge in [-0.05, 0) is 30.9 Å². The first kappa shape index (κ1) is 18.6. The van der Waals surface area contributed by atoms with Crippen molar-refractivity contribution in [3.63, 3.8) is 0 Å². The van der Waals surface area contributed by atoms with E-state index < -0.39 is 0 Å². The Balaban J connectivity index is 2.06. The van der Waals surface area contributed by atoms with E-state index in [0.717, 1.165) is 24.0 Å². The standard InChI is InChI=1S/C20H26N4O/c1-3-4-5-7-12-18(14-17-10-8-6-9-11-17)15-21-24-20-22-16(2)13-19(25)23-20/h6,8-11,13-15H,3-5,7,12H2,1-2H3,(H2,22,23,24,25)/b18-14-,21-15+. The van der Waals surface area contributed by atoms with Crippen LogP contribution in [-0.4, -0.2) is 16.2 Å². The van der Waals surface area contributed by atoms with Crippen molar-refractivity contribution in [3.05, 3.63) is 63.6 Å². The van der Waals surface area contributed by atoms with Gasteiger partial charge in [0.1, 0.15) is 0 Å². The van der Waals surface area contributed by atoms with Crippen molar-refractivity contribution in [2.24, 2.45) is 5.10 Å². The summed E-state index contributed by atoms with van der Waals surface area (Å²) in [5.41, 5.74) is 5.57. The van der Waals surface area contributed by atoms with Crippen LogP contribution in [-0.2, 0) is 0 Å². The van der Waals surface area contributed by atoms with E-state index in [9.17, 15) is 4.79 Å². The van der Waals surface area contributed by atoms with E-state index in [1.54, 1.807) is 13.1 Å². The van der Waals surface area contributed by atoms with E-state index in [1.807, 2.05) is 18.2 Å². The number of rotatable bonds is 9. The number of hydrazone groups is 1. The molecule has 0 bridgehead atoms. The molecule has 0 radical (unpaired) electrons. The molecule has 0 unspecified atom stereocenters. The lowest BCUT2D eigenvalue weighted by molar-refractivity contribution is 0.671. The SMILES string of the molecule is CCCCCCC(=C/c1ccccc1)/C=N/Nc1nc(C)cc(=O)[nH]1. The minimum Gasteiger partial charge on any atom is -0.291 e. The lowest BCUT2D eigenvalue weighted by atomic mass is 10.0. The number of nitrogens with one attached hydrogen (secondary N) is 2. The van der Waals surface area contributed by atoms with Crippen LogP contribution in [0.4, 0.5) is 5.95 Å². The molecule has 132 valence electrons. The summed E-state index contributed by atoms with van der Waals surface area (Å²) in [7, 11) is 0. The maximum atomic E-state index is 11.5. The number of benzene rings is 1. The Morgan fingerprint density at radius 3 is 2.76 bits per heavy atom. The van der Waals surface area contributed by atoms with Crippen LogP contribution in [0.5, 0.6) is 0 Å². The van der Waals surface area contributed by atoms with Crippen LogP contribution in [0.15, 0.2) is 51.9 Å². The number of hydrogen-bond acceptors (Lipinski definition) is 4. The van der Waals surface area contributed by atoms with Crippen LogP contribution in [0.2, 0.25) is 0 Å². The second-order valence-electron chi connectivity index (χ2n) is 6.05. The average molecular weight is 338 g/mol. The number of aromatic nitrogens is 2. The highest BCUT2D eigenvalue weighted by atomic mass is 16.1. The monoisotopic (exact) mass is 338 g/mol. The van der Waals surface area contributed by atoms with Crippen molar-refractivity contribution in [1.29, 1.82) is 0 Å². The van der Waals surface area contributed by atoms with Crippen molar-refractivity contribution in [2.45, 2.75) is 46.0 Å². The summed E-state index contributed by atoms with van der Waals surface area (Å²) in [5, 5.41) is 4.24. The molecular weight excluding hydrogens is 312 g/mol. The Bertz CT molecular complexity index is 763. The Hall–Kier alpha value is -2.69. The van der Waals surface area contributed by atoms with E-state index in [-0.39, 0.29) is 5.56 Å². The zero-order chi connectivity index (χ0) is 17.9. The molecule has 0 fully saturated rings. The molecule has 0 atom stereocenters. The van der Waals surface area contributed by atoms with Crippen LogP contribution in [0.1, 0.15) is 50.3 Å². The van der Waals surface area contributed by atoms with Crippen LogP contribution < -0.4 is 11.0 Å². The number of nitrogens with zero attached hydrogens (tertiary/aromatic N) is 2. The van der Waals surface area contributed by atoms with Gasteiger partial charge >= 0.3 is 0 Å². The van der Waals surface area contributed by atoms with E-state index in [0.29, 0.717) is 11.6 Å². The molecule has 0 amide bonds. The Morgan fingerprint density at radius 1 is 1.24 bits per heavy atom. The molecule has 5 nitrogen and oxygen atoms in total. The van der Waals surface area contributed by atoms with Gasteiger partial charge in [-0.2, -0.15) is 5.10 Å². The highest BCUT2D eigenvalue weighted by Crippen LogP contribution is 2.13. The third-order valence-corrected chi connectivity index (χ3v) is 3.74. The highest BCUT2D eigenvalue weighted by Gasteiger charge is 1.98. The van der Waals surface area contributed by atoms with E-state index in [1.165, 1.54) is 25.3 Å². The van der Waals surface area contributed by atoms with Gasteiger partial charge in [0, 0.05) is 11.8 Å². The highest BCUT2D eigenvalue weighted by molar-refractivity contribution is 5.85. The van der Waals surface area contributed by atoms with E-state index in [4.69, 9.17) is 0 Å². The minimum absolute atomic E-state index is 0.190. The van der Waals surface area contributed by atoms with Gasteiger partial charge in [-0.3, -0.25) is 9.78 Å². The van der Waals surface area contributed by atoms with Gasteiger partial charge in [-0.25, -0.2) is 10.4 Å². The first-order chi connectivity index (χ1) is 12.2. The van der Waals surface area contributed by atoms with Gasteiger partial charge in [0.25, 0.3) is 5.56 Å². The van der Waals surface area contributed by atoms with Gasteiger partial charge in [-0.15, -0.1) is 0 Å². The lowest BCUT2D eigenvalue weighted by Gasteiger charge is -2.04. The molecule has 0 aliphatic heterocycles. The largest absolute Gasteiger partial charge is 0.291 e. The van der Waals surface area contributed by atoms with Gasteiger partial charge < -0.3 is 0 Å². The topological polar surface area (TPSA) is 70.1 Å². The summed E-state index contributed by atoms with van der Waals surface area (Å²) in [4.78, 5) is 18.3. The first-order valence-electron chi connectivity index (χ1n) is 8.80. The van der Waals surface area contributed by atoms with Gasteiger partial charge in [-0.1, -0.05) is 62.6 Å². The molecular formula is C20H26N4O. The second-order valence-corrected chi connectivity index (χ2v) is 6.05. The second kappa shape index (κ2) is 10.2. The summed E-state index contributed by atoms with van der Waals surface area (Å²) in [6, 6.07) is 11.7. The molecule has 2 N–H and O–H groups in total. The van der Waals surface area contributed by atoms with E-state index in [2.05, 4.69) is 45.6 Å². The summed E-state index contributed by atoms with van der Waals surface area (Å²) in [6.07, 6.45) is 9.75. The molecule has 1 heterocycles. The summed E-state index contributed by atoms with van der Waals surface area (Å²) >= 11 is 0. The van der Waals surface area contributed by atoms with Crippen molar-refractivity contribution in [3.8, 4) is 0 Å². The average Bonchev–Trinajstić information content (AvgIpc) is 2.58. The van der Waals surface area contributed by atoms with Crippen molar-refractivity contribution in [2.75, 3.05) is 5.43 Å². The zero-order valence-corrected chi connectivity index (χ0v) is 15.0. The third-order valence-electron chi connectivity index (χ3n) is 3.74. The molecule has 2 rings (SSSR count). The summed E-state index contributed by atoms with van der Waals surface area (Å²) < 4.78 is 0. The molecule has 1 aromatic heterocycles. The Labute approximate surface area is 148 Å². The fourth-order valence-corrected chi connectivity index (χ4v) is 2.50. The number of H-pyrrole nitrogens is 1. The van der Waals surface area contributed by atoms with Crippen molar-refractivity contribution >= 4 is 18.2 Å². The maximum Gasteiger partial charge on any atom is 0.252 e. The fourth-order valence-electron chi connectivity index (χ4n) is 2.50. The van der Waals surface area contributed by atoms with Crippen molar-refractivity contribution in [1.82, 2.24) is 9.97 Å². The lowest BCUT2D eigenvalue weighted by Crippen LogP contribution is -2.10. The number of aromatic amines is 1. The van der Waals surface area contributed by atoms with Crippen molar-refractivity contribution < 1.29 is 0 Å². The number of unbranched alkanes of at least 4 members (excludes halogenated alkanes) is 3. The Kier molecular flexibility index (Phi) is 7.63. The smallest absolute Gasteiger partial charge is 0.252 e. The molecule has 0 spiro atoms. The predicted molar refractivity (Wildman–Crippen MR) is 105 cm³/mol. The van der Waals surface area contributed by atoms with Crippen LogP contribution in [0.3, 0.4) is 0 Å². The summed E-state index contributed by atoms with van der Waals surface area (Å²) in [6.45, 7) is 3.99. The van der Waals surface area contributed by atoms with Crippen LogP contribution in [0.25, 0.3) is 6.08 Å².